The lowest BCUT2D eigenvalue weighted by atomic mass is 10.2. The van der Waals surface area contributed by atoms with Crippen LogP contribution in [0.1, 0.15) is 12.7 Å². The number of fused-ring (bicyclic) bond motifs is 1. The lowest BCUT2D eigenvalue weighted by Crippen LogP contribution is -2.42. The summed E-state index contributed by atoms with van der Waals surface area (Å²) in [4.78, 5) is 11.9. The quantitative estimate of drug-likeness (QED) is 0.645. The van der Waals surface area contributed by atoms with Crippen molar-refractivity contribution in [2.24, 2.45) is 0 Å². The second-order valence-electron chi connectivity index (χ2n) is 5.92. The van der Waals surface area contributed by atoms with Crippen molar-refractivity contribution >= 4 is 17.0 Å². The average Bonchev–Trinajstić information content (AvgIpc) is 3.01. The zero-order valence-electron chi connectivity index (χ0n) is 14.2. The van der Waals surface area contributed by atoms with Crippen LogP contribution in [0.25, 0.3) is 11.0 Å². The largest absolute Gasteiger partial charge is 0.492 e. The van der Waals surface area contributed by atoms with E-state index in [-0.39, 0.29) is 12.1 Å². The minimum absolute atomic E-state index is 0.0318. The number of urea groups is 1. The standard InChI is InChI=1S/C20H22N2O3/c1-15(13-18-14-16-7-5-6-10-19(16)25-18)22-20(23)21-11-12-24-17-8-3-2-4-9-17/h2-10,14-15H,11-13H2,1H3,(H2,21,22,23)/t15-/m1/s1. The number of furan rings is 1. The van der Waals surface area contributed by atoms with Crippen molar-refractivity contribution in [2.75, 3.05) is 13.2 Å². The van der Waals surface area contributed by atoms with Gasteiger partial charge < -0.3 is 19.8 Å². The van der Waals surface area contributed by atoms with Gasteiger partial charge in [0.2, 0.25) is 0 Å². The van der Waals surface area contributed by atoms with E-state index in [2.05, 4.69) is 10.6 Å². The molecule has 1 aromatic heterocycles. The van der Waals surface area contributed by atoms with Crippen LogP contribution in [0.2, 0.25) is 0 Å². The molecule has 0 saturated heterocycles. The molecule has 1 atom stereocenters. The maximum Gasteiger partial charge on any atom is 0.315 e. The van der Waals surface area contributed by atoms with Crippen LogP contribution in [-0.4, -0.2) is 25.2 Å². The lowest BCUT2D eigenvalue weighted by Gasteiger charge is -2.13. The maximum atomic E-state index is 11.9. The summed E-state index contributed by atoms with van der Waals surface area (Å²) in [7, 11) is 0. The first-order valence-corrected chi connectivity index (χ1v) is 8.40. The van der Waals surface area contributed by atoms with E-state index >= 15 is 0 Å². The summed E-state index contributed by atoms with van der Waals surface area (Å²) in [6.07, 6.45) is 0.641. The molecule has 3 rings (SSSR count). The van der Waals surface area contributed by atoms with Gasteiger partial charge in [0.1, 0.15) is 23.7 Å². The van der Waals surface area contributed by atoms with Crippen molar-refractivity contribution in [3.63, 3.8) is 0 Å². The molecule has 0 fully saturated rings. The van der Waals surface area contributed by atoms with Gasteiger partial charge in [-0.25, -0.2) is 4.79 Å². The Balaban J connectivity index is 1.38. The van der Waals surface area contributed by atoms with Crippen LogP contribution in [0.15, 0.2) is 65.1 Å². The number of amides is 2. The molecular formula is C20H22N2O3. The van der Waals surface area contributed by atoms with Crippen molar-refractivity contribution < 1.29 is 13.9 Å². The van der Waals surface area contributed by atoms with E-state index in [0.717, 1.165) is 22.5 Å². The highest BCUT2D eigenvalue weighted by molar-refractivity contribution is 5.77. The second-order valence-corrected chi connectivity index (χ2v) is 5.92. The van der Waals surface area contributed by atoms with E-state index < -0.39 is 0 Å². The fourth-order valence-electron chi connectivity index (χ4n) is 2.62. The first-order chi connectivity index (χ1) is 12.2. The molecule has 2 amide bonds. The van der Waals surface area contributed by atoms with Gasteiger partial charge in [-0.2, -0.15) is 0 Å². The van der Waals surface area contributed by atoms with E-state index in [9.17, 15) is 4.79 Å². The summed E-state index contributed by atoms with van der Waals surface area (Å²) in [5.74, 6) is 1.66. The highest BCUT2D eigenvalue weighted by Crippen LogP contribution is 2.19. The third-order valence-corrected chi connectivity index (χ3v) is 3.76. The maximum absolute atomic E-state index is 11.9. The molecule has 5 heteroatoms. The number of carbonyl (C=O) groups excluding carboxylic acids is 1. The van der Waals surface area contributed by atoms with Gasteiger partial charge in [0, 0.05) is 17.8 Å². The smallest absolute Gasteiger partial charge is 0.315 e. The van der Waals surface area contributed by atoms with Crippen LogP contribution < -0.4 is 15.4 Å². The minimum atomic E-state index is -0.208. The van der Waals surface area contributed by atoms with Crippen molar-refractivity contribution in [3.05, 3.63) is 66.4 Å². The minimum Gasteiger partial charge on any atom is -0.492 e. The van der Waals surface area contributed by atoms with Crippen molar-refractivity contribution in [1.82, 2.24) is 10.6 Å². The van der Waals surface area contributed by atoms with Crippen LogP contribution >= 0.6 is 0 Å². The Hall–Kier alpha value is -2.95. The Morgan fingerprint density at radius 2 is 1.88 bits per heavy atom. The molecule has 1 heterocycles. The summed E-state index contributed by atoms with van der Waals surface area (Å²) in [6.45, 7) is 2.82. The molecule has 0 aliphatic carbocycles. The van der Waals surface area contributed by atoms with Crippen LogP contribution in [0.4, 0.5) is 4.79 Å². The number of benzene rings is 2. The monoisotopic (exact) mass is 338 g/mol. The number of nitrogens with one attached hydrogen (secondary N) is 2. The Kier molecular flexibility index (Phi) is 5.57. The number of ether oxygens (including phenoxy) is 1. The predicted octanol–water partition coefficient (Wildman–Crippen LogP) is 3.74. The fraction of sp³-hybridized carbons (Fsp3) is 0.250. The van der Waals surface area contributed by atoms with Gasteiger partial charge in [0.25, 0.3) is 0 Å². The molecule has 0 unspecified atom stereocenters. The fourth-order valence-corrected chi connectivity index (χ4v) is 2.62. The molecule has 130 valence electrons. The van der Waals surface area contributed by atoms with E-state index in [1.807, 2.05) is 67.6 Å². The van der Waals surface area contributed by atoms with Gasteiger partial charge in [0.15, 0.2) is 0 Å². The number of para-hydroxylation sites is 2. The van der Waals surface area contributed by atoms with Gasteiger partial charge in [-0.3, -0.25) is 0 Å². The molecule has 0 saturated carbocycles. The SMILES string of the molecule is C[C@H](Cc1cc2ccccc2o1)NC(=O)NCCOc1ccccc1. The zero-order valence-corrected chi connectivity index (χ0v) is 14.2. The molecule has 0 spiro atoms. The first-order valence-electron chi connectivity index (χ1n) is 8.40. The molecule has 3 aromatic rings. The topological polar surface area (TPSA) is 63.5 Å². The molecule has 25 heavy (non-hydrogen) atoms. The summed E-state index contributed by atoms with van der Waals surface area (Å²) in [5, 5.41) is 6.77. The predicted molar refractivity (Wildman–Crippen MR) is 97.9 cm³/mol. The Bertz CT molecular complexity index is 781. The number of carbonyl (C=O) groups is 1. The number of hydrogen-bond donors (Lipinski definition) is 2. The van der Waals surface area contributed by atoms with Crippen molar-refractivity contribution in [2.45, 2.75) is 19.4 Å². The molecular weight excluding hydrogens is 316 g/mol. The summed E-state index contributed by atoms with van der Waals surface area (Å²) >= 11 is 0. The molecule has 0 bridgehead atoms. The van der Waals surface area contributed by atoms with E-state index in [0.29, 0.717) is 19.6 Å². The second kappa shape index (κ2) is 8.24. The van der Waals surface area contributed by atoms with E-state index in [4.69, 9.17) is 9.15 Å². The first kappa shape index (κ1) is 16.9. The summed E-state index contributed by atoms with van der Waals surface area (Å²) < 4.78 is 11.3. The van der Waals surface area contributed by atoms with Crippen LogP contribution in [-0.2, 0) is 6.42 Å². The Morgan fingerprint density at radius 1 is 1.12 bits per heavy atom. The molecule has 5 nitrogen and oxygen atoms in total. The van der Waals surface area contributed by atoms with Gasteiger partial charge >= 0.3 is 6.03 Å². The average molecular weight is 338 g/mol. The van der Waals surface area contributed by atoms with Gasteiger partial charge in [-0.1, -0.05) is 36.4 Å². The summed E-state index contributed by atoms with van der Waals surface area (Å²) in [6, 6.07) is 19.2. The molecule has 0 radical (unpaired) electrons. The number of rotatable bonds is 7. The van der Waals surface area contributed by atoms with Crippen molar-refractivity contribution in [3.8, 4) is 5.75 Å². The van der Waals surface area contributed by atoms with E-state index in [1.165, 1.54) is 0 Å². The third-order valence-electron chi connectivity index (χ3n) is 3.76. The van der Waals surface area contributed by atoms with Gasteiger partial charge in [-0.15, -0.1) is 0 Å². The molecule has 2 N–H and O–H groups in total. The van der Waals surface area contributed by atoms with Crippen LogP contribution in [0, 0.1) is 0 Å². The highest BCUT2D eigenvalue weighted by Gasteiger charge is 2.11. The van der Waals surface area contributed by atoms with Crippen LogP contribution in [0.3, 0.4) is 0 Å². The Morgan fingerprint density at radius 3 is 2.68 bits per heavy atom. The summed E-state index contributed by atoms with van der Waals surface area (Å²) in [5.41, 5.74) is 0.868. The Labute approximate surface area is 147 Å². The lowest BCUT2D eigenvalue weighted by molar-refractivity contribution is 0.233. The van der Waals surface area contributed by atoms with Crippen molar-refractivity contribution in [1.29, 1.82) is 0 Å². The molecule has 0 aliphatic rings. The van der Waals surface area contributed by atoms with E-state index in [1.54, 1.807) is 0 Å². The zero-order chi connectivity index (χ0) is 17.5. The van der Waals surface area contributed by atoms with Crippen LogP contribution in [0.5, 0.6) is 5.75 Å². The normalized spacial score (nSPS) is 11.9. The third kappa shape index (κ3) is 5.01. The molecule has 2 aromatic carbocycles. The van der Waals surface area contributed by atoms with Gasteiger partial charge in [-0.05, 0) is 31.2 Å². The molecule has 0 aliphatic heterocycles. The van der Waals surface area contributed by atoms with Gasteiger partial charge in [0.05, 0.1) is 6.54 Å². The highest BCUT2D eigenvalue weighted by atomic mass is 16.5. The number of hydrogen-bond acceptors (Lipinski definition) is 3.